The molecule has 0 saturated heterocycles. The van der Waals surface area contributed by atoms with E-state index < -0.39 is 23.7 Å². The maximum Gasteiger partial charge on any atom is 0.189 e. The van der Waals surface area contributed by atoms with Crippen molar-refractivity contribution in [2.75, 3.05) is 18.5 Å². The van der Waals surface area contributed by atoms with Gasteiger partial charge in [0, 0.05) is 65.0 Å². The number of guanidine groups is 1. The van der Waals surface area contributed by atoms with Crippen LogP contribution in [-0.4, -0.2) is 79.1 Å². The van der Waals surface area contributed by atoms with Crippen LogP contribution in [0.2, 0.25) is 0 Å². The van der Waals surface area contributed by atoms with Gasteiger partial charge in [0.1, 0.15) is 5.75 Å². The molecule has 0 amide bonds. The van der Waals surface area contributed by atoms with E-state index in [1.807, 2.05) is 38.2 Å². The summed E-state index contributed by atoms with van der Waals surface area (Å²) in [5, 5.41) is 53.8. The van der Waals surface area contributed by atoms with Gasteiger partial charge in [0.15, 0.2) is 11.7 Å². The molecule has 70 heavy (non-hydrogen) atoms. The zero-order chi connectivity index (χ0) is 48.6. The Kier molecular flexibility index (Phi) is 14.0. The molecule has 7 bridgehead atoms. The number of anilines is 1. The van der Waals surface area contributed by atoms with E-state index in [1.54, 1.807) is 35.1 Å². The summed E-state index contributed by atoms with van der Waals surface area (Å²) in [6, 6.07) is 17.9. The fourth-order valence-corrected chi connectivity index (χ4v) is 15.1. The maximum atomic E-state index is 15.4. The van der Waals surface area contributed by atoms with Crippen LogP contribution < -0.4 is 16.4 Å². The highest BCUT2D eigenvalue weighted by molar-refractivity contribution is 7.23. The molecule has 3 saturated carbocycles. The molecule has 366 valence electrons. The standard InChI is InChI=1S/C57H66N6O5S2/c1-3-8-42-15-18-51(69-42)52-19-20-53(70-52)54(67)47-17-14-37-27-57(47)28-45(46(29-57)50(66)31-64)35-13-16-43-38(23-48(37)63-55(58)62-39-11-5-4-6-12-39)22-41(65)25-49(43)60-32-56(2,68)26-36-10-7-9-34(21-35)44(36)24-40-30-59-33-61-40/h7,9-10,15,18-20,22,25,30,33,35,37,39,45-48,50,60,64-66,68H,4-6,11-12,14,17,21,23-24,26-29,31-32H2,1-2H3,(H,59,61)(H3,58,62,63)/t35-,37+,45+,46-,47-,48-,50-,56+,57-/m1/s1. The molecule has 0 unspecified atom stereocenters. The number of aromatic amines is 1. The van der Waals surface area contributed by atoms with Crippen molar-refractivity contribution >= 4 is 40.1 Å². The van der Waals surface area contributed by atoms with Gasteiger partial charge in [-0.3, -0.25) is 4.79 Å². The van der Waals surface area contributed by atoms with Crippen LogP contribution >= 0.6 is 22.7 Å². The van der Waals surface area contributed by atoms with E-state index in [-0.39, 0.29) is 59.8 Å². The minimum Gasteiger partial charge on any atom is -0.508 e. The van der Waals surface area contributed by atoms with Gasteiger partial charge in [-0.2, -0.15) is 0 Å². The van der Waals surface area contributed by atoms with Crippen LogP contribution in [0.15, 0.2) is 72.1 Å². The quantitative estimate of drug-likeness (QED) is 0.0310. The fraction of sp³-hybridized carbons (Fsp3) is 0.491. The lowest BCUT2D eigenvalue weighted by Crippen LogP contribution is -2.45. The largest absolute Gasteiger partial charge is 0.508 e. The van der Waals surface area contributed by atoms with Gasteiger partial charge in [0.25, 0.3) is 0 Å². The van der Waals surface area contributed by atoms with Gasteiger partial charge in [0.2, 0.25) is 0 Å². The molecule has 4 heterocycles. The third-order valence-corrected chi connectivity index (χ3v) is 18.6. The van der Waals surface area contributed by atoms with Crippen molar-refractivity contribution in [3.63, 3.8) is 0 Å². The minimum absolute atomic E-state index is 0.00230. The van der Waals surface area contributed by atoms with Crippen molar-refractivity contribution in [2.24, 2.45) is 45.7 Å². The summed E-state index contributed by atoms with van der Waals surface area (Å²) in [5.41, 5.74) is 11.6. The number of nitrogens with zero attached hydrogens (tertiary/aromatic N) is 2. The number of aromatic hydroxyl groups is 1. The van der Waals surface area contributed by atoms with Crippen molar-refractivity contribution in [3.8, 4) is 39.2 Å². The molecule has 5 aromatic rings. The second-order valence-electron chi connectivity index (χ2n) is 21.2. The first-order chi connectivity index (χ1) is 33.9. The summed E-state index contributed by atoms with van der Waals surface area (Å²) >= 11 is 3.18. The lowest BCUT2D eigenvalue weighted by molar-refractivity contribution is 0.0139. The number of fused-ring (bicyclic) bond motifs is 6. The Hall–Kier alpha value is -5.41. The van der Waals surface area contributed by atoms with Crippen LogP contribution in [0.3, 0.4) is 0 Å². The molecule has 3 aromatic heterocycles. The number of aliphatic imine (C=N–C) groups is 1. The van der Waals surface area contributed by atoms with Crippen molar-refractivity contribution in [1.82, 2.24) is 15.3 Å². The van der Waals surface area contributed by atoms with Gasteiger partial charge in [-0.05, 0) is 147 Å². The number of aromatic nitrogens is 2. The summed E-state index contributed by atoms with van der Waals surface area (Å²) in [7, 11) is 0. The molecule has 0 radical (unpaired) electrons. The zero-order valence-corrected chi connectivity index (χ0v) is 41.9. The van der Waals surface area contributed by atoms with E-state index >= 15 is 4.79 Å². The van der Waals surface area contributed by atoms with Crippen LogP contribution in [0, 0.1) is 58.7 Å². The predicted octanol–water partition coefficient (Wildman–Crippen LogP) is 8.62. The van der Waals surface area contributed by atoms with E-state index in [9.17, 15) is 20.4 Å². The monoisotopic (exact) mass is 978 g/mol. The number of carbonyl (C=O) groups is 1. The second-order valence-corrected chi connectivity index (χ2v) is 23.4. The molecule has 9 atom stereocenters. The van der Waals surface area contributed by atoms with Gasteiger partial charge < -0.3 is 41.8 Å². The molecule has 2 aromatic carbocycles. The first-order valence-corrected chi connectivity index (χ1v) is 27.0. The highest BCUT2D eigenvalue weighted by Gasteiger charge is 2.58. The maximum absolute atomic E-state index is 15.4. The number of ketones is 1. The van der Waals surface area contributed by atoms with Crippen molar-refractivity contribution < 1.29 is 25.2 Å². The number of carbonyl (C=O) groups excluding carboxylic acids is 1. The molecule has 4 aliphatic carbocycles. The number of Topliss-reactive ketones (excluding diaryl/α,β-unsaturated/α-hetero) is 1. The molecule has 5 aliphatic rings. The van der Waals surface area contributed by atoms with E-state index in [0.717, 1.165) is 85.1 Å². The van der Waals surface area contributed by atoms with E-state index in [4.69, 9.17) is 10.7 Å². The molecule has 11 nitrogen and oxygen atoms in total. The topological polar surface area (TPSA) is 189 Å². The number of thiophene rings is 2. The van der Waals surface area contributed by atoms with Crippen molar-refractivity contribution in [1.29, 1.82) is 0 Å². The molecular formula is C57H66N6O5S2. The number of rotatable bonds is 9. The summed E-state index contributed by atoms with van der Waals surface area (Å²) in [4.78, 5) is 32.3. The Labute approximate surface area is 419 Å². The first-order valence-electron chi connectivity index (χ1n) is 25.3. The molecule has 3 fully saturated rings. The van der Waals surface area contributed by atoms with E-state index in [1.165, 1.54) is 6.42 Å². The van der Waals surface area contributed by atoms with Gasteiger partial charge in [-0.25, -0.2) is 9.98 Å². The van der Waals surface area contributed by atoms with Crippen molar-refractivity contribution in [2.45, 2.75) is 128 Å². The molecule has 1 aliphatic heterocycles. The van der Waals surface area contributed by atoms with Gasteiger partial charge in [-0.15, -0.1) is 28.6 Å². The molecule has 13 heteroatoms. The number of aliphatic hydroxyl groups excluding tert-OH is 2. The summed E-state index contributed by atoms with van der Waals surface area (Å²) in [6.45, 7) is 3.47. The summed E-state index contributed by atoms with van der Waals surface area (Å²) in [5.74, 6) is 13.1. The molecule has 9 N–H and O–H groups in total. The SMILES string of the molecule is CC#Cc1ccc(-c2ccc(C(=O)[C@H]3CC[C@H]4C[C@@]35C[C@@H]([C@H](O)CO)[C@@H](C5)[C@@H]3C#Cc5c(cc(O)cc5NC[C@@](C)(O)Cc5cccc(c5Cc5cnc[nH]5)C3)C[C@H]4N=C(N)NC3CCCCC3)s2)s1. The highest BCUT2D eigenvalue weighted by atomic mass is 32.1. The van der Waals surface area contributed by atoms with Crippen LogP contribution in [0.5, 0.6) is 5.75 Å². The third-order valence-electron chi connectivity index (χ3n) is 16.3. The summed E-state index contributed by atoms with van der Waals surface area (Å²) in [6.07, 6.45) is 13.3. The Morgan fingerprint density at radius 1 is 1.01 bits per heavy atom. The Morgan fingerprint density at radius 2 is 1.83 bits per heavy atom. The average Bonchev–Trinajstić information content (AvgIpc) is 4.19. The predicted molar refractivity (Wildman–Crippen MR) is 279 cm³/mol. The molecule has 10 rings (SSSR count). The fourth-order valence-electron chi connectivity index (χ4n) is 13.1. The Morgan fingerprint density at radius 3 is 2.63 bits per heavy atom. The molecular weight excluding hydrogens is 913 g/mol. The first kappa shape index (κ1) is 48.2. The number of hydrogen-bond donors (Lipinski definition) is 8. The van der Waals surface area contributed by atoms with Gasteiger partial charge in [0.05, 0.1) is 51.7 Å². The number of nitrogens with two attached hydrogens (primary N) is 1. The number of aliphatic hydroxyl groups is 3. The smallest absolute Gasteiger partial charge is 0.189 e. The number of nitrogens with one attached hydrogen (secondary N) is 3. The van der Waals surface area contributed by atoms with Crippen molar-refractivity contribution in [3.05, 3.63) is 110 Å². The van der Waals surface area contributed by atoms with Crippen LogP contribution in [0.1, 0.15) is 126 Å². The molecule has 1 spiro atoms. The number of phenols is 1. The summed E-state index contributed by atoms with van der Waals surface area (Å²) < 4.78 is 0. The number of hydrogen-bond acceptors (Lipinski definition) is 10. The third kappa shape index (κ3) is 10.2. The number of β-amino-alcohol motifs (C(OH)–C–C–N with tert-alkyl or cyclic N) is 1. The Bertz CT molecular complexity index is 2860. The normalized spacial score (nSPS) is 28.2. The number of H-pyrrole nitrogens is 1. The Balaban J connectivity index is 1.13. The number of benzene rings is 2. The lowest BCUT2D eigenvalue weighted by Gasteiger charge is -2.46. The zero-order valence-electron chi connectivity index (χ0n) is 40.3. The average molecular weight is 979 g/mol. The number of imidazole rings is 1. The highest BCUT2D eigenvalue weighted by Crippen LogP contribution is 2.62. The van der Waals surface area contributed by atoms with Crippen LogP contribution in [-0.2, 0) is 25.7 Å². The van der Waals surface area contributed by atoms with Crippen LogP contribution in [0.4, 0.5) is 5.69 Å². The van der Waals surface area contributed by atoms with Gasteiger partial charge >= 0.3 is 0 Å². The van der Waals surface area contributed by atoms with E-state index in [0.29, 0.717) is 63.0 Å². The van der Waals surface area contributed by atoms with Crippen LogP contribution in [0.25, 0.3) is 9.75 Å². The minimum atomic E-state index is -1.19. The lowest BCUT2D eigenvalue weighted by atomic mass is 9.58. The second kappa shape index (κ2) is 20.4. The van der Waals surface area contributed by atoms with E-state index in [2.05, 4.69) is 74.6 Å². The van der Waals surface area contributed by atoms with Gasteiger partial charge in [-0.1, -0.05) is 55.2 Å². The number of phenolic OH excluding ortho intramolecular Hbond substituents is 1.